The van der Waals surface area contributed by atoms with Gasteiger partial charge in [-0.2, -0.15) is 0 Å². The van der Waals surface area contributed by atoms with Crippen LogP contribution in [0.4, 0.5) is 0 Å². The summed E-state index contributed by atoms with van der Waals surface area (Å²) >= 11 is 0. The first kappa shape index (κ1) is 8.54. The molecule has 70 valence electrons. The Morgan fingerprint density at radius 3 is 2.92 bits per heavy atom. The second-order valence-electron chi connectivity index (χ2n) is 4.01. The van der Waals surface area contributed by atoms with E-state index in [2.05, 4.69) is 19.9 Å². The molecule has 1 aliphatic carbocycles. The van der Waals surface area contributed by atoms with E-state index >= 15 is 0 Å². The van der Waals surface area contributed by atoms with Gasteiger partial charge in [-0.1, -0.05) is 18.6 Å². The molecule has 2 atom stereocenters. The van der Waals surface area contributed by atoms with Crippen molar-refractivity contribution in [1.29, 1.82) is 0 Å². The van der Waals surface area contributed by atoms with Crippen molar-refractivity contribution in [2.75, 3.05) is 0 Å². The van der Waals surface area contributed by atoms with Crippen LogP contribution in [0.5, 0.6) is 0 Å². The third-order valence-electron chi connectivity index (χ3n) is 3.01. The molecule has 0 saturated carbocycles. The van der Waals surface area contributed by atoms with Gasteiger partial charge < -0.3 is 4.74 Å². The predicted molar refractivity (Wildman–Crippen MR) is 50.1 cm³/mol. The molecular weight excluding hydrogens is 164 g/mol. The van der Waals surface area contributed by atoms with Crippen molar-refractivity contribution >= 4 is 5.97 Å². The van der Waals surface area contributed by atoms with Crippen LogP contribution in [0.1, 0.15) is 26.7 Å². The second kappa shape index (κ2) is 2.72. The van der Waals surface area contributed by atoms with Gasteiger partial charge in [-0.3, -0.25) is 0 Å². The third kappa shape index (κ3) is 1.30. The SMILES string of the molecule is CC1=CC(C)C2(C=CC(=O)O2)CC1. The summed E-state index contributed by atoms with van der Waals surface area (Å²) in [5, 5.41) is 0. The van der Waals surface area contributed by atoms with Gasteiger partial charge in [0.25, 0.3) is 0 Å². The first-order chi connectivity index (χ1) is 6.12. The fraction of sp³-hybridized carbons (Fsp3) is 0.545. The number of rotatable bonds is 0. The highest BCUT2D eigenvalue weighted by Gasteiger charge is 2.41. The highest BCUT2D eigenvalue weighted by Crippen LogP contribution is 2.39. The summed E-state index contributed by atoms with van der Waals surface area (Å²) < 4.78 is 5.36. The van der Waals surface area contributed by atoms with Crippen LogP contribution in [0, 0.1) is 5.92 Å². The Hall–Kier alpha value is -1.05. The topological polar surface area (TPSA) is 26.3 Å². The van der Waals surface area contributed by atoms with Gasteiger partial charge in [-0.05, 0) is 25.8 Å². The first-order valence-electron chi connectivity index (χ1n) is 4.72. The summed E-state index contributed by atoms with van der Waals surface area (Å²) in [5.41, 5.74) is 1.07. The summed E-state index contributed by atoms with van der Waals surface area (Å²) in [5.74, 6) is 0.115. The number of hydrogen-bond donors (Lipinski definition) is 0. The molecule has 2 aliphatic rings. The maximum absolute atomic E-state index is 11.0. The summed E-state index contributed by atoms with van der Waals surface area (Å²) in [7, 11) is 0. The fourth-order valence-electron chi connectivity index (χ4n) is 2.11. The summed E-state index contributed by atoms with van der Waals surface area (Å²) in [6, 6.07) is 0. The average molecular weight is 178 g/mol. The van der Waals surface area contributed by atoms with Gasteiger partial charge in [0.15, 0.2) is 0 Å². The molecule has 0 fully saturated rings. The van der Waals surface area contributed by atoms with E-state index in [4.69, 9.17) is 4.74 Å². The second-order valence-corrected chi connectivity index (χ2v) is 4.01. The first-order valence-corrected chi connectivity index (χ1v) is 4.72. The summed E-state index contributed by atoms with van der Waals surface area (Å²) in [6.07, 6.45) is 7.63. The molecule has 0 radical (unpaired) electrons. The molecule has 13 heavy (non-hydrogen) atoms. The number of carbonyl (C=O) groups is 1. The monoisotopic (exact) mass is 178 g/mol. The van der Waals surface area contributed by atoms with Gasteiger partial charge in [0.1, 0.15) is 5.60 Å². The highest BCUT2D eigenvalue weighted by atomic mass is 16.6. The van der Waals surface area contributed by atoms with Crippen molar-refractivity contribution < 1.29 is 9.53 Å². The molecule has 0 amide bonds. The number of hydrogen-bond acceptors (Lipinski definition) is 2. The van der Waals surface area contributed by atoms with Crippen LogP contribution >= 0.6 is 0 Å². The zero-order chi connectivity index (χ0) is 9.47. The van der Waals surface area contributed by atoms with Crippen LogP contribution in [0.15, 0.2) is 23.8 Å². The van der Waals surface area contributed by atoms with Crippen LogP contribution in [0.2, 0.25) is 0 Å². The lowest BCUT2D eigenvalue weighted by molar-refractivity contribution is -0.149. The molecule has 1 spiro atoms. The van der Waals surface area contributed by atoms with E-state index in [1.54, 1.807) is 6.08 Å². The molecule has 2 heteroatoms. The molecule has 2 nitrogen and oxygen atoms in total. The molecule has 2 unspecified atom stereocenters. The van der Waals surface area contributed by atoms with E-state index in [9.17, 15) is 4.79 Å². The molecule has 1 aliphatic heterocycles. The Bertz CT molecular complexity index is 301. The Morgan fingerprint density at radius 2 is 2.38 bits per heavy atom. The van der Waals surface area contributed by atoms with Crippen molar-refractivity contribution in [3.8, 4) is 0 Å². The minimum absolute atomic E-state index is 0.195. The van der Waals surface area contributed by atoms with E-state index < -0.39 is 0 Å². The lowest BCUT2D eigenvalue weighted by Crippen LogP contribution is -2.37. The average Bonchev–Trinajstić information content (AvgIpc) is 2.43. The van der Waals surface area contributed by atoms with Gasteiger partial charge >= 0.3 is 5.97 Å². The quantitative estimate of drug-likeness (QED) is 0.420. The van der Waals surface area contributed by atoms with Crippen LogP contribution < -0.4 is 0 Å². The zero-order valence-electron chi connectivity index (χ0n) is 8.04. The van der Waals surface area contributed by atoms with Crippen LogP contribution in [0.25, 0.3) is 0 Å². The predicted octanol–water partition coefficient (Wildman–Crippen LogP) is 2.21. The maximum Gasteiger partial charge on any atom is 0.331 e. The van der Waals surface area contributed by atoms with Crippen molar-refractivity contribution in [3.63, 3.8) is 0 Å². The van der Waals surface area contributed by atoms with Gasteiger partial charge in [0, 0.05) is 12.0 Å². The van der Waals surface area contributed by atoms with Gasteiger partial charge in [-0.15, -0.1) is 0 Å². The standard InChI is InChI=1S/C11H14O2/c1-8-3-5-11(9(2)7-8)6-4-10(12)13-11/h4,6-7,9H,3,5H2,1-2H3. The molecule has 2 rings (SSSR count). The molecule has 0 bridgehead atoms. The van der Waals surface area contributed by atoms with E-state index in [0.29, 0.717) is 5.92 Å². The Kier molecular flexibility index (Phi) is 1.79. The Morgan fingerprint density at radius 1 is 1.62 bits per heavy atom. The number of ether oxygens (including phenoxy) is 1. The van der Waals surface area contributed by atoms with Gasteiger partial charge in [0.05, 0.1) is 0 Å². The zero-order valence-corrected chi connectivity index (χ0v) is 8.04. The lowest BCUT2D eigenvalue weighted by atomic mass is 9.78. The normalized spacial score (nSPS) is 37.8. The molecule has 0 N–H and O–H groups in total. The number of esters is 1. The largest absolute Gasteiger partial charge is 0.451 e. The smallest absolute Gasteiger partial charge is 0.331 e. The maximum atomic E-state index is 11.0. The van der Waals surface area contributed by atoms with Crippen molar-refractivity contribution in [1.82, 2.24) is 0 Å². The molecular formula is C11H14O2. The fourth-order valence-corrected chi connectivity index (χ4v) is 2.11. The minimum Gasteiger partial charge on any atom is -0.451 e. The van der Waals surface area contributed by atoms with Crippen LogP contribution in [-0.2, 0) is 9.53 Å². The molecule has 1 heterocycles. The van der Waals surface area contributed by atoms with E-state index in [1.807, 2.05) is 6.08 Å². The molecule has 0 saturated heterocycles. The summed E-state index contributed by atoms with van der Waals surface area (Å²) in [4.78, 5) is 11.0. The number of allylic oxidation sites excluding steroid dienone is 1. The van der Waals surface area contributed by atoms with Crippen molar-refractivity contribution in [2.24, 2.45) is 5.92 Å². The van der Waals surface area contributed by atoms with Crippen molar-refractivity contribution in [2.45, 2.75) is 32.3 Å². The minimum atomic E-state index is -0.323. The van der Waals surface area contributed by atoms with Gasteiger partial charge in [-0.25, -0.2) is 4.79 Å². The Balaban J connectivity index is 2.27. The van der Waals surface area contributed by atoms with Crippen LogP contribution in [0.3, 0.4) is 0 Å². The molecule has 0 aromatic carbocycles. The Labute approximate surface area is 78.3 Å². The summed E-state index contributed by atoms with van der Waals surface area (Å²) in [6.45, 7) is 4.23. The lowest BCUT2D eigenvalue weighted by Gasteiger charge is -2.35. The van der Waals surface area contributed by atoms with Crippen LogP contribution in [-0.4, -0.2) is 11.6 Å². The van der Waals surface area contributed by atoms with E-state index in [-0.39, 0.29) is 11.6 Å². The van der Waals surface area contributed by atoms with Crippen molar-refractivity contribution in [3.05, 3.63) is 23.8 Å². The highest BCUT2D eigenvalue weighted by molar-refractivity contribution is 5.85. The van der Waals surface area contributed by atoms with Gasteiger partial charge in [0.2, 0.25) is 0 Å². The molecule has 0 aromatic rings. The number of carbonyl (C=O) groups excluding carboxylic acids is 1. The molecule has 0 aromatic heterocycles. The van der Waals surface area contributed by atoms with E-state index in [0.717, 1.165) is 12.8 Å². The third-order valence-corrected chi connectivity index (χ3v) is 3.01. The van der Waals surface area contributed by atoms with E-state index in [1.165, 1.54) is 5.57 Å².